The largest absolute Gasteiger partial charge is 0.388 e. The summed E-state index contributed by atoms with van der Waals surface area (Å²) in [6.45, 7) is 6.96. The average molecular weight is 499 g/mol. The van der Waals surface area contributed by atoms with E-state index >= 15 is 0 Å². The number of ketones is 1. The molecule has 1 saturated carbocycles. The van der Waals surface area contributed by atoms with Crippen molar-refractivity contribution in [2.45, 2.75) is 63.2 Å². The van der Waals surface area contributed by atoms with Crippen LogP contribution in [0.1, 0.15) is 60.9 Å². The summed E-state index contributed by atoms with van der Waals surface area (Å²) in [6, 6.07) is 4.90. The zero-order valence-corrected chi connectivity index (χ0v) is 21.1. The molecule has 3 heterocycles. The number of rotatable bonds is 7. The molecule has 9 nitrogen and oxygen atoms in total. The number of aliphatic hydroxyl groups is 1. The number of amides is 2. The van der Waals surface area contributed by atoms with Gasteiger partial charge in [-0.15, -0.1) is 0 Å². The van der Waals surface area contributed by atoms with Crippen molar-refractivity contribution in [2.24, 2.45) is 11.7 Å². The van der Waals surface area contributed by atoms with E-state index in [1.54, 1.807) is 6.07 Å². The summed E-state index contributed by atoms with van der Waals surface area (Å²) in [5.41, 5.74) is 7.81. The van der Waals surface area contributed by atoms with Crippen LogP contribution in [0.5, 0.6) is 0 Å². The molecule has 4 aliphatic rings. The number of fused-ring (bicyclic) bond motifs is 1. The van der Waals surface area contributed by atoms with Crippen molar-refractivity contribution in [1.29, 1.82) is 0 Å². The molecule has 1 aromatic carbocycles. The zero-order valence-electron chi connectivity index (χ0n) is 21.1. The van der Waals surface area contributed by atoms with Gasteiger partial charge in [-0.3, -0.25) is 19.3 Å². The van der Waals surface area contributed by atoms with Gasteiger partial charge in [0.1, 0.15) is 24.9 Å². The number of Topliss-reactive ketones (excluding diaryl/α,β-unsaturated/α-hetero) is 1. The Balaban J connectivity index is 1.49. The molecule has 0 radical (unpaired) electrons. The second kappa shape index (κ2) is 10.5. The number of nitrogens with zero attached hydrogens (tertiary/aromatic N) is 3. The number of hydrogen-bond donors (Lipinski definition) is 2. The first-order valence-electron chi connectivity index (χ1n) is 13.4. The van der Waals surface area contributed by atoms with Crippen LogP contribution in [0.2, 0.25) is 0 Å². The molecule has 196 valence electrons. The van der Waals surface area contributed by atoms with Crippen molar-refractivity contribution >= 4 is 23.3 Å². The van der Waals surface area contributed by atoms with Crippen LogP contribution in [0.4, 0.5) is 5.69 Å². The molecule has 0 spiro atoms. The van der Waals surface area contributed by atoms with Gasteiger partial charge in [-0.25, -0.2) is 0 Å². The lowest BCUT2D eigenvalue weighted by atomic mass is 9.80. The Bertz CT molecular complexity index is 1000. The Labute approximate surface area is 212 Å². The highest BCUT2D eigenvalue weighted by atomic mass is 16.5. The van der Waals surface area contributed by atoms with Gasteiger partial charge in [0.2, 0.25) is 11.8 Å². The second-order valence-corrected chi connectivity index (χ2v) is 10.7. The molecule has 0 aromatic heterocycles. The van der Waals surface area contributed by atoms with E-state index in [1.165, 1.54) is 4.90 Å². The van der Waals surface area contributed by atoms with Gasteiger partial charge < -0.3 is 25.4 Å². The molecule has 3 saturated heterocycles. The van der Waals surface area contributed by atoms with E-state index in [2.05, 4.69) is 16.7 Å². The van der Waals surface area contributed by atoms with E-state index in [4.69, 9.17) is 10.5 Å². The lowest BCUT2D eigenvalue weighted by Crippen LogP contribution is -2.47. The van der Waals surface area contributed by atoms with Gasteiger partial charge in [-0.1, -0.05) is 19.8 Å². The van der Waals surface area contributed by atoms with Gasteiger partial charge in [0, 0.05) is 37.4 Å². The van der Waals surface area contributed by atoms with Crippen molar-refractivity contribution in [3.05, 3.63) is 29.3 Å². The molecule has 0 unspecified atom stereocenters. The molecule has 3 aliphatic heterocycles. The molecular formula is C27H38N4O5. The second-order valence-electron chi connectivity index (χ2n) is 10.7. The highest BCUT2D eigenvalue weighted by Gasteiger charge is 2.53. The maximum Gasteiger partial charge on any atom is 0.249 e. The third-order valence-electron chi connectivity index (χ3n) is 8.49. The summed E-state index contributed by atoms with van der Waals surface area (Å²) >= 11 is 0. The van der Waals surface area contributed by atoms with E-state index in [0.717, 1.165) is 70.5 Å². The van der Waals surface area contributed by atoms with Crippen LogP contribution in [-0.2, 0) is 14.3 Å². The van der Waals surface area contributed by atoms with Crippen LogP contribution in [0.3, 0.4) is 0 Å². The SMILES string of the molecule is CCCN1CCN(c2ccc(C(N)=O)c([C@@H](C(=O)N3C[C@H](O)[C@H]4OCC(=O)[C@H]43)C3CCCC3)c2)CC1. The number of piperazine rings is 1. The normalized spacial score (nSPS) is 28.1. The fourth-order valence-corrected chi connectivity index (χ4v) is 6.69. The Morgan fingerprint density at radius 2 is 1.89 bits per heavy atom. The summed E-state index contributed by atoms with van der Waals surface area (Å²) in [6.07, 6.45) is 3.37. The molecule has 2 amide bonds. The standard InChI is InChI=1S/C27H38N4O5/c1-2-9-29-10-12-30(13-11-29)18-7-8-19(26(28)34)20(14-18)23(17-5-3-4-6-17)27(35)31-15-21(32)25-24(31)22(33)16-36-25/h7-8,14,17,21,23-25,32H,2-6,9-13,15-16H2,1H3,(H2,28,34)/t21-,23-,24+,25+/m0/s1. The quantitative estimate of drug-likeness (QED) is 0.579. The summed E-state index contributed by atoms with van der Waals surface area (Å²) in [7, 11) is 0. The van der Waals surface area contributed by atoms with E-state index in [-0.39, 0.29) is 30.8 Å². The van der Waals surface area contributed by atoms with Gasteiger partial charge in [-0.2, -0.15) is 0 Å². The molecular weight excluding hydrogens is 460 g/mol. The number of primary amides is 1. The molecule has 1 aromatic rings. The maximum atomic E-state index is 14.2. The van der Waals surface area contributed by atoms with Gasteiger partial charge in [0.05, 0.1) is 12.5 Å². The van der Waals surface area contributed by atoms with Gasteiger partial charge in [0.25, 0.3) is 0 Å². The average Bonchev–Trinajstić information content (AvgIpc) is 3.60. The van der Waals surface area contributed by atoms with Crippen molar-refractivity contribution in [3.63, 3.8) is 0 Å². The molecule has 1 aliphatic carbocycles. The summed E-state index contributed by atoms with van der Waals surface area (Å²) in [5.74, 6) is -1.47. The lowest BCUT2D eigenvalue weighted by molar-refractivity contribution is -0.139. The topological polar surface area (TPSA) is 116 Å². The molecule has 4 atom stereocenters. The number of anilines is 1. The minimum atomic E-state index is -0.893. The Kier molecular flexibility index (Phi) is 7.32. The van der Waals surface area contributed by atoms with Crippen LogP contribution in [0, 0.1) is 5.92 Å². The van der Waals surface area contributed by atoms with Crippen molar-refractivity contribution in [2.75, 3.05) is 50.8 Å². The predicted molar refractivity (Wildman–Crippen MR) is 135 cm³/mol. The zero-order chi connectivity index (χ0) is 25.4. The fraction of sp³-hybridized carbons (Fsp3) is 0.667. The summed E-state index contributed by atoms with van der Waals surface area (Å²) in [5, 5.41) is 10.5. The van der Waals surface area contributed by atoms with E-state index < -0.39 is 30.1 Å². The van der Waals surface area contributed by atoms with E-state index in [1.807, 2.05) is 12.1 Å². The third-order valence-corrected chi connectivity index (χ3v) is 8.49. The van der Waals surface area contributed by atoms with Crippen molar-refractivity contribution in [3.8, 4) is 0 Å². The lowest BCUT2D eigenvalue weighted by Gasteiger charge is -2.37. The number of nitrogens with two attached hydrogens (primary N) is 1. The Morgan fingerprint density at radius 1 is 1.17 bits per heavy atom. The first-order chi connectivity index (χ1) is 17.4. The van der Waals surface area contributed by atoms with Crippen molar-refractivity contribution < 1.29 is 24.2 Å². The molecule has 36 heavy (non-hydrogen) atoms. The number of carbonyl (C=O) groups is 3. The molecule has 3 N–H and O–H groups in total. The summed E-state index contributed by atoms with van der Waals surface area (Å²) < 4.78 is 5.50. The van der Waals surface area contributed by atoms with Crippen LogP contribution < -0.4 is 10.6 Å². The smallest absolute Gasteiger partial charge is 0.249 e. The Hall–Kier alpha value is -2.49. The van der Waals surface area contributed by atoms with Crippen LogP contribution in [-0.4, -0.2) is 96.6 Å². The molecule has 0 bridgehead atoms. The summed E-state index contributed by atoms with van der Waals surface area (Å²) in [4.78, 5) is 45.6. The number of hydrogen-bond acceptors (Lipinski definition) is 7. The predicted octanol–water partition coefficient (Wildman–Crippen LogP) is 1.13. The minimum absolute atomic E-state index is 0.0564. The number of likely N-dealkylation sites (tertiary alicyclic amines) is 1. The monoisotopic (exact) mass is 498 g/mol. The number of aliphatic hydroxyl groups excluding tert-OH is 1. The highest BCUT2D eigenvalue weighted by molar-refractivity contribution is 5.99. The third kappa shape index (κ3) is 4.64. The first kappa shape index (κ1) is 25.2. The van der Waals surface area contributed by atoms with E-state index in [9.17, 15) is 19.5 Å². The number of ether oxygens (including phenoxy) is 1. The van der Waals surface area contributed by atoms with Crippen LogP contribution >= 0.6 is 0 Å². The van der Waals surface area contributed by atoms with Crippen molar-refractivity contribution in [1.82, 2.24) is 9.80 Å². The van der Waals surface area contributed by atoms with Gasteiger partial charge in [-0.05, 0) is 55.5 Å². The van der Waals surface area contributed by atoms with E-state index in [0.29, 0.717) is 11.1 Å². The number of carbonyl (C=O) groups excluding carboxylic acids is 3. The van der Waals surface area contributed by atoms with Crippen LogP contribution in [0.15, 0.2) is 18.2 Å². The minimum Gasteiger partial charge on any atom is -0.388 e. The van der Waals surface area contributed by atoms with Gasteiger partial charge >= 0.3 is 0 Å². The molecule has 4 fully saturated rings. The Morgan fingerprint density at radius 3 is 2.56 bits per heavy atom. The fourth-order valence-electron chi connectivity index (χ4n) is 6.69. The first-order valence-corrected chi connectivity index (χ1v) is 13.4. The molecule has 9 heteroatoms. The maximum absolute atomic E-state index is 14.2. The molecule has 5 rings (SSSR count). The van der Waals surface area contributed by atoms with Crippen LogP contribution in [0.25, 0.3) is 0 Å². The highest BCUT2D eigenvalue weighted by Crippen LogP contribution is 2.42. The number of benzene rings is 1. The van der Waals surface area contributed by atoms with Gasteiger partial charge in [0.15, 0.2) is 5.78 Å². The number of β-amino-alcohol motifs (C(OH)–C–C–N with tert-alkyl or cyclic N) is 1.